The third-order valence-corrected chi connectivity index (χ3v) is 2.74. The third kappa shape index (κ3) is 3.51. The van der Waals surface area contributed by atoms with E-state index >= 15 is 0 Å². The molecular formula is C15H15F2NO. The van der Waals surface area contributed by atoms with Crippen LogP contribution in [0.25, 0.3) is 0 Å². The number of hydrogen-bond acceptors (Lipinski definition) is 2. The summed E-state index contributed by atoms with van der Waals surface area (Å²) in [6, 6.07) is 11.5. The van der Waals surface area contributed by atoms with Crippen LogP contribution in [0.4, 0.5) is 8.78 Å². The van der Waals surface area contributed by atoms with Gasteiger partial charge in [0.05, 0.1) is 0 Å². The first-order chi connectivity index (χ1) is 9.06. The Morgan fingerprint density at radius 3 is 2.26 bits per heavy atom. The van der Waals surface area contributed by atoms with Crippen molar-refractivity contribution in [3.8, 4) is 5.75 Å². The summed E-state index contributed by atoms with van der Waals surface area (Å²) in [6.07, 6.45) is -0.456. The SMILES string of the molecule is CC(N)C(Oc1cccc(F)c1)c1ccc(F)cc1. The van der Waals surface area contributed by atoms with Crippen LogP contribution in [0.2, 0.25) is 0 Å². The molecule has 0 aliphatic carbocycles. The molecule has 0 aliphatic heterocycles. The monoisotopic (exact) mass is 263 g/mol. The molecule has 2 N–H and O–H groups in total. The van der Waals surface area contributed by atoms with Gasteiger partial charge in [0.15, 0.2) is 0 Å². The fraction of sp³-hybridized carbons (Fsp3) is 0.200. The summed E-state index contributed by atoms with van der Waals surface area (Å²) in [5.41, 5.74) is 6.63. The molecule has 0 aromatic heterocycles. The fourth-order valence-electron chi connectivity index (χ4n) is 1.82. The van der Waals surface area contributed by atoms with Crippen molar-refractivity contribution in [2.75, 3.05) is 0 Å². The van der Waals surface area contributed by atoms with Gasteiger partial charge < -0.3 is 10.5 Å². The second-order valence-corrected chi connectivity index (χ2v) is 4.41. The number of ether oxygens (including phenoxy) is 1. The molecule has 2 rings (SSSR count). The first-order valence-corrected chi connectivity index (χ1v) is 5.99. The predicted octanol–water partition coefficient (Wildman–Crippen LogP) is 3.43. The van der Waals surface area contributed by atoms with Gasteiger partial charge in [-0.1, -0.05) is 18.2 Å². The van der Waals surface area contributed by atoms with E-state index < -0.39 is 6.10 Å². The van der Waals surface area contributed by atoms with Gasteiger partial charge in [-0.2, -0.15) is 0 Å². The van der Waals surface area contributed by atoms with E-state index in [0.717, 1.165) is 5.56 Å². The topological polar surface area (TPSA) is 35.2 Å². The van der Waals surface area contributed by atoms with E-state index in [1.807, 2.05) is 0 Å². The van der Waals surface area contributed by atoms with Gasteiger partial charge in [-0.15, -0.1) is 0 Å². The van der Waals surface area contributed by atoms with Crippen LogP contribution in [0.15, 0.2) is 48.5 Å². The van der Waals surface area contributed by atoms with Crippen LogP contribution in [0.5, 0.6) is 5.75 Å². The van der Waals surface area contributed by atoms with Crippen LogP contribution in [0, 0.1) is 11.6 Å². The lowest BCUT2D eigenvalue weighted by Crippen LogP contribution is -2.29. The Hall–Kier alpha value is -1.94. The average Bonchev–Trinajstić information content (AvgIpc) is 2.37. The smallest absolute Gasteiger partial charge is 0.138 e. The zero-order valence-electron chi connectivity index (χ0n) is 10.5. The number of halogens is 2. The molecule has 2 aromatic carbocycles. The Kier molecular flexibility index (Phi) is 4.12. The molecule has 0 amide bonds. The van der Waals surface area contributed by atoms with Crippen molar-refractivity contribution in [1.29, 1.82) is 0 Å². The van der Waals surface area contributed by atoms with Crippen molar-refractivity contribution in [2.24, 2.45) is 5.73 Å². The maximum atomic E-state index is 13.1. The molecule has 2 aromatic rings. The van der Waals surface area contributed by atoms with Crippen LogP contribution in [0.1, 0.15) is 18.6 Å². The Balaban J connectivity index is 2.23. The summed E-state index contributed by atoms with van der Waals surface area (Å²) in [5, 5.41) is 0. The van der Waals surface area contributed by atoms with E-state index in [9.17, 15) is 8.78 Å². The molecular weight excluding hydrogens is 248 g/mol. The van der Waals surface area contributed by atoms with Gasteiger partial charge in [0.1, 0.15) is 23.5 Å². The van der Waals surface area contributed by atoms with Gasteiger partial charge in [-0.25, -0.2) is 8.78 Å². The lowest BCUT2D eigenvalue weighted by molar-refractivity contribution is 0.179. The molecule has 0 saturated heterocycles. The van der Waals surface area contributed by atoms with E-state index in [4.69, 9.17) is 10.5 Å². The minimum absolute atomic E-state index is 0.311. The predicted molar refractivity (Wildman–Crippen MR) is 69.8 cm³/mol. The van der Waals surface area contributed by atoms with Crippen molar-refractivity contribution in [3.05, 3.63) is 65.7 Å². The molecule has 2 unspecified atom stereocenters. The fourth-order valence-corrected chi connectivity index (χ4v) is 1.82. The van der Waals surface area contributed by atoms with E-state index in [1.54, 1.807) is 31.2 Å². The van der Waals surface area contributed by atoms with Crippen LogP contribution in [0.3, 0.4) is 0 Å². The highest BCUT2D eigenvalue weighted by Crippen LogP contribution is 2.24. The summed E-state index contributed by atoms with van der Waals surface area (Å²) in [7, 11) is 0. The molecule has 100 valence electrons. The van der Waals surface area contributed by atoms with Crippen LogP contribution in [-0.4, -0.2) is 6.04 Å². The zero-order valence-corrected chi connectivity index (χ0v) is 10.5. The molecule has 2 atom stereocenters. The van der Waals surface area contributed by atoms with Gasteiger partial charge >= 0.3 is 0 Å². The molecule has 4 heteroatoms. The van der Waals surface area contributed by atoms with Gasteiger partial charge in [-0.3, -0.25) is 0 Å². The number of rotatable bonds is 4. The molecule has 0 fully saturated rings. The van der Waals surface area contributed by atoms with Gasteiger partial charge in [0, 0.05) is 12.1 Å². The molecule has 0 bridgehead atoms. The summed E-state index contributed by atoms with van der Waals surface area (Å²) in [5.74, 6) is -0.301. The van der Waals surface area contributed by atoms with Crippen molar-refractivity contribution in [2.45, 2.75) is 19.1 Å². The molecule has 0 spiro atoms. The first kappa shape index (κ1) is 13.5. The average molecular weight is 263 g/mol. The van der Waals surface area contributed by atoms with E-state index in [0.29, 0.717) is 5.75 Å². The van der Waals surface area contributed by atoms with E-state index in [2.05, 4.69) is 0 Å². The Bertz CT molecular complexity index is 540. The lowest BCUT2D eigenvalue weighted by Gasteiger charge is -2.23. The van der Waals surface area contributed by atoms with Gasteiger partial charge in [0.2, 0.25) is 0 Å². The Labute approximate surface area is 110 Å². The largest absolute Gasteiger partial charge is 0.484 e. The molecule has 0 heterocycles. The van der Waals surface area contributed by atoms with E-state index in [1.165, 1.54) is 24.3 Å². The van der Waals surface area contributed by atoms with Crippen molar-refractivity contribution in [3.63, 3.8) is 0 Å². The summed E-state index contributed by atoms with van der Waals surface area (Å²) >= 11 is 0. The van der Waals surface area contributed by atoms with Crippen LogP contribution >= 0.6 is 0 Å². The summed E-state index contributed by atoms with van der Waals surface area (Å²) in [6.45, 7) is 1.79. The summed E-state index contributed by atoms with van der Waals surface area (Å²) in [4.78, 5) is 0. The number of nitrogens with two attached hydrogens (primary N) is 1. The summed E-state index contributed by atoms with van der Waals surface area (Å²) < 4.78 is 31.7. The second-order valence-electron chi connectivity index (χ2n) is 4.41. The number of benzene rings is 2. The van der Waals surface area contributed by atoms with E-state index in [-0.39, 0.29) is 17.7 Å². The normalized spacial score (nSPS) is 13.9. The zero-order chi connectivity index (χ0) is 13.8. The Morgan fingerprint density at radius 1 is 1.00 bits per heavy atom. The van der Waals surface area contributed by atoms with Crippen molar-refractivity contribution >= 4 is 0 Å². The van der Waals surface area contributed by atoms with Crippen molar-refractivity contribution in [1.82, 2.24) is 0 Å². The second kappa shape index (κ2) is 5.80. The van der Waals surface area contributed by atoms with Gasteiger partial charge in [0.25, 0.3) is 0 Å². The molecule has 0 saturated carbocycles. The quantitative estimate of drug-likeness (QED) is 0.917. The standard InChI is InChI=1S/C15H15F2NO/c1-10(18)15(11-5-7-12(16)8-6-11)19-14-4-2-3-13(17)9-14/h2-10,15H,18H2,1H3. The molecule has 0 radical (unpaired) electrons. The lowest BCUT2D eigenvalue weighted by atomic mass is 10.0. The van der Waals surface area contributed by atoms with Gasteiger partial charge in [-0.05, 0) is 36.8 Å². The minimum atomic E-state index is -0.456. The maximum Gasteiger partial charge on any atom is 0.138 e. The molecule has 19 heavy (non-hydrogen) atoms. The maximum absolute atomic E-state index is 13.1. The van der Waals surface area contributed by atoms with Crippen molar-refractivity contribution < 1.29 is 13.5 Å². The van der Waals surface area contributed by atoms with Crippen LogP contribution in [-0.2, 0) is 0 Å². The number of hydrogen-bond donors (Lipinski definition) is 1. The highest BCUT2D eigenvalue weighted by atomic mass is 19.1. The molecule has 2 nitrogen and oxygen atoms in total. The van der Waals surface area contributed by atoms with Crippen LogP contribution < -0.4 is 10.5 Å². The Morgan fingerprint density at radius 2 is 1.68 bits per heavy atom. The first-order valence-electron chi connectivity index (χ1n) is 5.99. The minimum Gasteiger partial charge on any atom is -0.484 e. The highest BCUT2D eigenvalue weighted by molar-refractivity contribution is 5.26. The highest BCUT2D eigenvalue weighted by Gasteiger charge is 2.18. The third-order valence-electron chi connectivity index (χ3n) is 2.74. The molecule has 0 aliphatic rings.